The molecule has 31 heavy (non-hydrogen) atoms. The van der Waals surface area contributed by atoms with Crippen molar-refractivity contribution in [2.75, 3.05) is 0 Å². The van der Waals surface area contributed by atoms with Crippen molar-refractivity contribution in [1.29, 1.82) is 0 Å². The van der Waals surface area contributed by atoms with Gasteiger partial charge in [0.05, 0.1) is 12.5 Å². The Morgan fingerprint density at radius 2 is 1.90 bits per heavy atom. The van der Waals surface area contributed by atoms with Crippen LogP contribution >= 0.6 is 0 Å². The van der Waals surface area contributed by atoms with Crippen LogP contribution in [0, 0.1) is 34.0 Å². The highest BCUT2D eigenvalue weighted by atomic mass is 32.3. The fourth-order valence-corrected chi connectivity index (χ4v) is 8.44. The van der Waals surface area contributed by atoms with Crippen molar-refractivity contribution in [1.82, 2.24) is 0 Å². The highest BCUT2D eigenvalue weighted by molar-refractivity contribution is 7.81. The average Bonchev–Trinajstić information content (AvgIpc) is 3.17. The molecule has 5 atom stereocenters. The van der Waals surface area contributed by atoms with E-state index in [1.807, 2.05) is 6.07 Å². The van der Waals surface area contributed by atoms with Gasteiger partial charge in [-0.25, -0.2) is 0 Å². The molecule has 3 fully saturated rings. The summed E-state index contributed by atoms with van der Waals surface area (Å²) in [5, 5.41) is 0. The van der Waals surface area contributed by atoms with Crippen LogP contribution < -0.4 is 0 Å². The number of hydrogen-bond acceptors (Lipinski definition) is 4. The number of fused-ring (bicyclic) bond motifs is 3. The lowest BCUT2D eigenvalue weighted by Gasteiger charge is -2.66. The zero-order valence-corrected chi connectivity index (χ0v) is 20.2. The van der Waals surface area contributed by atoms with E-state index in [0.29, 0.717) is 16.7 Å². The number of aryl methyl sites for hydroxylation is 1. The summed E-state index contributed by atoms with van der Waals surface area (Å²) in [4.78, 5) is 0. The Balaban J connectivity index is 1.68. The summed E-state index contributed by atoms with van der Waals surface area (Å²) >= 11 is 0. The standard InChI is InChI=1S/C25H38O5S/c1-23(2)12-5-13-25(4)21(23)10-14-24(3)20(8-6-18-11-15-29-16-18)19(7-9-22(24)25)17-30-31(26,27)28/h11,15-17,20-22H,5-10,12-14H2,1-4H3,(H,26,27,28)/b19-17-/t20-,21-,22-,24+,25-/m0/s1. The van der Waals surface area contributed by atoms with E-state index in [1.54, 1.807) is 12.5 Å². The summed E-state index contributed by atoms with van der Waals surface area (Å²) < 4.78 is 41.7. The molecular formula is C25H38O5S. The number of hydrogen-bond donors (Lipinski definition) is 1. The molecule has 1 N–H and O–H groups in total. The Bertz CT molecular complexity index is 916. The molecule has 4 rings (SSSR count). The Labute approximate surface area is 187 Å². The van der Waals surface area contributed by atoms with Crippen molar-refractivity contribution in [2.45, 2.75) is 85.5 Å². The summed E-state index contributed by atoms with van der Waals surface area (Å²) in [6.45, 7) is 9.89. The van der Waals surface area contributed by atoms with Crippen LogP contribution in [-0.2, 0) is 21.0 Å². The first kappa shape index (κ1) is 22.9. The van der Waals surface area contributed by atoms with Crippen LogP contribution in [0.3, 0.4) is 0 Å². The number of rotatable bonds is 5. The molecule has 1 aromatic heterocycles. The summed E-state index contributed by atoms with van der Waals surface area (Å²) in [7, 11) is -4.49. The lowest BCUT2D eigenvalue weighted by molar-refractivity contribution is -0.154. The lowest BCUT2D eigenvalue weighted by atomic mass is 9.39. The third-order valence-electron chi connectivity index (χ3n) is 9.43. The van der Waals surface area contributed by atoms with Crippen LogP contribution in [0.4, 0.5) is 0 Å². The second-order valence-corrected chi connectivity index (χ2v) is 12.5. The second kappa shape index (κ2) is 7.95. The Kier molecular flexibility index (Phi) is 5.87. The van der Waals surface area contributed by atoms with Crippen LogP contribution in [0.1, 0.15) is 84.6 Å². The van der Waals surface area contributed by atoms with Crippen LogP contribution in [0.25, 0.3) is 0 Å². The summed E-state index contributed by atoms with van der Waals surface area (Å²) in [6, 6.07) is 2.00. The monoisotopic (exact) mass is 450 g/mol. The first-order valence-corrected chi connectivity index (χ1v) is 13.2. The van der Waals surface area contributed by atoms with E-state index in [1.165, 1.54) is 37.5 Å². The van der Waals surface area contributed by atoms with Gasteiger partial charge in [0, 0.05) is 0 Å². The predicted octanol–water partition coefficient (Wildman–Crippen LogP) is 6.57. The van der Waals surface area contributed by atoms with Gasteiger partial charge in [0.2, 0.25) is 0 Å². The van der Waals surface area contributed by atoms with Crippen molar-refractivity contribution in [3.05, 3.63) is 36.0 Å². The highest BCUT2D eigenvalue weighted by Gasteiger charge is 2.61. The van der Waals surface area contributed by atoms with Gasteiger partial charge in [-0.1, -0.05) is 34.1 Å². The molecule has 0 spiro atoms. The van der Waals surface area contributed by atoms with Gasteiger partial charge in [-0.2, -0.15) is 8.42 Å². The Hall–Kier alpha value is -1.27. The molecule has 0 radical (unpaired) electrons. The molecule has 1 heterocycles. The van der Waals surface area contributed by atoms with E-state index in [0.717, 1.165) is 43.6 Å². The molecular weight excluding hydrogens is 412 g/mol. The van der Waals surface area contributed by atoms with Crippen molar-refractivity contribution in [2.24, 2.45) is 34.0 Å². The lowest BCUT2D eigenvalue weighted by Crippen LogP contribution is -2.58. The van der Waals surface area contributed by atoms with Gasteiger partial charge in [-0.05, 0) is 103 Å². The SMILES string of the molecule is CC1(C)CCC[C@]2(C)[C@H]3CC/C(=C/OS(=O)(=O)O)[C@H](CCc4ccoc4)[C@@]3(C)CC[C@@H]12. The van der Waals surface area contributed by atoms with Gasteiger partial charge in [0.1, 0.15) is 6.26 Å². The van der Waals surface area contributed by atoms with E-state index < -0.39 is 10.4 Å². The maximum absolute atomic E-state index is 11.3. The largest absolute Gasteiger partial charge is 0.472 e. The van der Waals surface area contributed by atoms with E-state index >= 15 is 0 Å². The summed E-state index contributed by atoms with van der Waals surface area (Å²) in [6.07, 6.45) is 14.8. The number of furan rings is 1. The molecule has 0 amide bonds. The molecule has 174 valence electrons. The van der Waals surface area contributed by atoms with Crippen molar-refractivity contribution < 1.29 is 21.6 Å². The van der Waals surface area contributed by atoms with Crippen molar-refractivity contribution >= 4 is 10.4 Å². The van der Waals surface area contributed by atoms with Gasteiger partial charge >= 0.3 is 10.4 Å². The normalized spacial score (nSPS) is 39.0. The molecule has 3 aliphatic rings. The minimum Gasteiger partial charge on any atom is -0.472 e. The summed E-state index contributed by atoms with van der Waals surface area (Å²) in [5.41, 5.74) is 2.98. The molecule has 3 aliphatic carbocycles. The quantitative estimate of drug-likeness (QED) is 0.405. The van der Waals surface area contributed by atoms with Crippen molar-refractivity contribution in [3.63, 3.8) is 0 Å². The summed E-state index contributed by atoms with van der Waals surface area (Å²) in [5.74, 6) is 1.57. The molecule has 6 heteroatoms. The smallest absolute Gasteiger partial charge is 0.445 e. The molecule has 0 aromatic carbocycles. The fraction of sp³-hybridized carbons (Fsp3) is 0.760. The van der Waals surface area contributed by atoms with Gasteiger partial charge in [0.15, 0.2) is 0 Å². The van der Waals surface area contributed by atoms with E-state index in [2.05, 4.69) is 27.7 Å². The minimum absolute atomic E-state index is 0.0923. The first-order valence-electron chi connectivity index (χ1n) is 11.8. The third-order valence-corrected chi connectivity index (χ3v) is 9.77. The van der Waals surface area contributed by atoms with Crippen LogP contribution in [0.5, 0.6) is 0 Å². The Morgan fingerprint density at radius 1 is 1.13 bits per heavy atom. The van der Waals surface area contributed by atoms with Gasteiger partial charge in [0.25, 0.3) is 0 Å². The van der Waals surface area contributed by atoms with Gasteiger partial charge < -0.3 is 8.60 Å². The molecule has 5 nitrogen and oxygen atoms in total. The first-order chi connectivity index (χ1) is 14.5. The van der Waals surface area contributed by atoms with E-state index in [-0.39, 0.29) is 11.3 Å². The number of allylic oxidation sites excluding steroid dienone is 1. The molecule has 0 unspecified atom stereocenters. The van der Waals surface area contributed by atoms with Crippen molar-refractivity contribution in [3.8, 4) is 0 Å². The highest BCUT2D eigenvalue weighted by Crippen LogP contribution is 2.69. The third kappa shape index (κ3) is 4.22. The zero-order valence-electron chi connectivity index (χ0n) is 19.4. The average molecular weight is 451 g/mol. The maximum Gasteiger partial charge on any atom is 0.445 e. The zero-order chi connectivity index (χ0) is 22.5. The van der Waals surface area contributed by atoms with E-state index in [9.17, 15) is 8.42 Å². The Morgan fingerprint density at radius 3 is 2.58 bits per heavy atom. The van der Waals surface area contributed by atoms with Gasteiger partial charge in [-0.3, -0.25) is 4.55 Å². The van der Waals surface area contributed by atoms with Crippen LogP contribution in [-0.4, -0.2) is 13.0 Å². The minimum atomic E-state index is -4.49. The van der Waals surface area contributed by atoms with E-state index in [4.69, 9.17) is 13.2 Å². The molecule has 0 bridgehead atoms. The molecule has 3 saturated carbocycles. The van der Waals surface area contributed by atoms with Gasteiger partial charge in [-0.15, -0.1) is 0 Å². The predicted molar refractivity (Wildman–Crippen MR) is 121 cm³/mol. The second-order valence-electron chi connectivity index (χ2n) is 11.5. The topological polar surface area (TPSA) is 76.7 Å². The van der Waals surface area contributed by atoms with Crippen LogP contribution in [0.2, 0.25) is 0 Å². The molecule has 0 aliphatic heterocycles. The maximum atomic E-state index is 11.3. The molecule has 0 saturated heterocycles. The van der Waals surface area contributed by atoms with Crippen LogP contribution in [0.15, 0.2) is 34.8 Å². The molecule has 1 aromatic rings. The fourth-order valence-electron chi connectivity index (χ4n) is 8.20.